The Balaban J connectivity index is 1.75. The number of esters is 1. The van der Waals surface area contributed by atoms with Crippen molar-refractivity contribution in [3.63, 3.8) is 0 Å². The van der Waals surface area contributed by atoms with E-state index < -0.39 is 0 Å². The van der Waals surface area contributed by atoms with Gasteiger partial charge in [-0.2, -0.15) is 0 Å². The van der Waals surface area contributed by atoms with Gasteiger partial charge in [0.25, 0.3) is 0 Å². The fraction of sp³-hybridized carbons (Fsp3) is 0.333. The van der Waals surface area contributed by atoms with Crippen LogP contribution in [0.3, 0.4) is 0 Å². The Kier molecular flexibility index (Phi) is 4.49. The number of aromatic nitrogens is 1. The summed E-state index contributed by atoms with van der Waals surface area (Å²) >= 11 is 0. The van der Waals surface area contributed by atoms with Gasteiger partial charge in [0.1, 0.15) is 6.10 Å². The third kappa shape index (κ3) is 3.34. The van der Waals surface area contributed by atoms with Crippen LogP contribution < -0.4 is 0 Å². The summed E-state index contributed by atoms with van der Waals surface area (Å²) in [6.07, 6.45) is 1.48. The fourth-order valence-corrected chi connectivity index (χ4v) is 2.56. The molecule has 1 aromatic carbocycles. The molecule has 1 saturated heterocycles. The number of nitrogens with zero attached hydrogens (tertiary/aromatic N) is 1. The number of aryl methyl sites for hydroxylation is 1. The second kappa shape index (κ2) is 6.71. The van der Waals surface area contributed by atoms with Crippen molar-refractivity contribution in [2.75, 3.05) is 13.2 Å². The molecule has 114 valence electrons. The van der Waals surface area contributed by atoms with E-state index in [1.165, 1.54) is 0 Å². The average Bonchev–Trinajstić information content (AvgIpc) is 2.56. The van der Waals surface area contributed by atoms with Crippen molar-refractivity contribution < 1.29 is 14.3 Å². The molecule has 0 unspecified atom stereocenters. The topological polar surface area (TPSA) is 48.4 Å². The quantitative estimate of drug-likeness (QED) is 0.815. The SMILES string of the molecule is Cc1nc(-c2ccccc2)ccc1C(=O)OC1CCOCC1. The third-order valence-corrected chi connectivity index (χ3v) is 3.82. The highest BCUT2D eigenvalue weighted by atomic mass is 16.6. The van der Waals surface area contributed by atoms with Gasteiger partial charge in [-0.3, -0.25) is 4.98 Å². The van der Waals surface area contributed by atoms with Crippen LogP contribution >= 0.6 is 0 Å². The number of ether oxygens (including phenoxy) is 2. The molecule has 0 saturated carbocycles. The molecule has 1 aliphatic heterocycles. The van der Waals surface area contributed by atoms with Gasteiger partial charge in [0.15, 0.2) is 0 Å². The number of hydrogen-bond acceptors (Lipinski definition) is 4. The first kappa shape index (κ1) is 14.7. The molecule has 4 nitrogen and oxygen atoms in total. The summed E-state index contributed by atoms with van der Waals surface area (Å²) in [6.45, 7) is 3.15. The van der Waals surface area contributed by atoms with E-state index in [0.29, 0.717) is 24.5 Å². The predicted molar refractivity (Wildman–Crippen MR) is 83.7 cm³/mol. The smallest absolute Gasteiger partial charge is 0.340 e. The Hall–Kier alpha value is -2.20. The lowest BCUT2D eigenvalue weighted by Crippen LogP contribution is -2.26. The molecule has 0 bridgehead atoms. The van der Waals surface area contributed by atoms with Gasteiger partial charge in [0, 0.05) is 18.4 Å². The zero-order valence-corrected chi connectivity index (χ0v) is 12.6. The largest absolute Gasteiger partial charge is 0.459 e. The summed E-state index contributed by atoms with van der Waals surface area (Å²) in [7, 11) is 0. The molecule has 2 heterocycles. The van der Waals surface area contributed by atoms with Gasteiger partial charge < -0.3 is 9.47 Å². The summed E-state index contributed by atoms with van der Waals surface area (Å²) < 4.78 is 10.8. The maximum Gasteiger partial charge on any atom is 0.340 e. The fourth-order valence-electron chi connectivity index (χ4n) is 2.56. The molecule has 22 heavy (non-hydrogen) atoms. The molecule has 1 aromatic heterocycles. The molecule has 0 atom stereocenters. The van der Waals surface area contributed by atoms with E-state index >= 15 is 0 Å². The highest BCUT2D eigenvalue weighted by Crippen LogP contribution is 2.20. The van der Waals surface area contributed by atoms with Crippen LogP contribution in [0.15, 0.2) is 42.5 Å². The molecule has 1 aliphatic rings. The Morgan fingerprint density at radius 1 is 1.14 bits per heavy atom. The van der Waals surface area contributed by atoms with E-state index in [9.17, 15) is 4.79 Å². The minimum absolute atomic E-state index is 0.0468. The van der Waals surface area contributed by atoms with E-state index in [1.807, 2.05) is 43.3 Å². The number of rotatable bonds is 3. The first-order valence-electron chi connectivity index (χ1n) is 7.56. The first-order valence-corrected chi connectivity index (χ1v) is 7.56. The minimum Gasteiger partial charge on any atom is -0.459 e. The Morgan fingerprint density at radius 3 is 2.55 bits per heavy atom. The molecular weight excluding hydrogens is 278 g/mol. The Bertz CT molecular complexity index is 649. The normalized spacial score (nSPS) is 15.5. The molecule has 2 aromatic rings. The summed E-state index contributed by atoms with van der Waals surface area (Å²) in [5.74, 6) is -0.295. The maximum atomic E-state index is 12.3. The van der Waals surface area contributed by atoms with Crippen molar-refractivity contribution >= 4 is 5.97 Å². The summed E-state index contributed by atoms with van der Waals surface area (Å²) in [4.78, 5) is 16.8. The zero-order valence-electron chi connectivity index (χ0n) is 12.6. The van der Waals surface area contributed by atoms with Crippen LogP contribution in [0.1, 0.15) is 28.9 Å². The van der Waals surface area contributed by atoms with Crippen molar-refractivity contribution in [1.82, 2.24) is 4.98 Å². The second-order valence-corrected chi connectivity index (χ2v) is 5.41. The zero-order chi connectivity index (χ0) is 15.4. The maximum absolute atomic E-state index is 12.3. The summed E-state index contributed by atoms with van der Waals surface area (Å²) in [5, 5.41) is 0. The lowest BCUT2D eigenvalue weighted by atomic mass is 10.1. The van der Waals surface area contributed by atoms with Crippen molar-refractivity contribution in [3.05, 3.63) is 53.7 Å². The van der Waals surface area contributed by atoms with Crippen LogP contribution in [-0.2, 0) is 9.47 Å². The lowest BCUT2D eigenvalue weighted by Gasteiger charge is -2.22. The van der Waals surface area contributed by atoms with E-state index in [-0.39, 0.29) is 12.1 Å². The van der Waals surface area contributed by atoms with Gasteiger partial charge in [0.2, 0.25) is 0 Å². The van der Waals surface area contributed by atoms with Crippen LogP contribution in [0.25, 0.3) is 11.3 Å². The van der Waals surface area contributed by atoms with Gasteiger partial charge in [-0.25, -0.2) is 4.79 Å². The number of pyridine rings is 1. The first-order chi connectivity index (χ1) is 10.7. The Morgan fingerprint density at radius 2 is 1.86 bits per heavy atom. The standard InChI is InChI=1S/C18H19NO3/c1-13-16(18(20)22-15-9-11-21-12-10-15)7-8-17(19-13)14-5-3-2-4-6-14/h2-8,15H,9-12H2,1H3. The average molecular weight is 297 g/mol. The van der Waals surface area contributed by atoms with Crippen molar-refractivity contribution in [2.45, 2.75) is 25.9 Å². The van der Waals surface area contributed by atoms with Gasteiger partial charge in [-0.15, -0.1) is 0 Å². The van der Waals surface area contributed by atoms with Gasteiger partial charge in [-0.1, -0.05) is 30.3 Å². The molecule has 0 radical (unpaired) electrons. The van der Waals surface area contributed by atoms with Crippen LogP contribution in [0.4, 0.5) is 0 Å². The highest BCUT2D eigenvalue weighted by molar-refractivity contribution is 5.91. The number of carbonyl (C=O) groups excluding carboxylic acids is 1. The number of carbonyl (C=O) groups is 1. The van der Waals surface area contributed by atoms with E-state index in [1.54, 1.807) is 6.07 Å². The van der Waals surface area contributed by atoms with Crippen molar-refractivity contribution in [1.29, 1.82) is 0 Å². The van der Waals surface area contributed by atoms with E-state index in [0.717, 1.165) is 24.1 Å². The Labute approximate surface area is 130 Å². The van der Waals surface area contributed by atoms with Crippen LogP contribution in [0, 0.1) is 6.92 Å². The molecular formula is C18H19NO3. The number of hydrogen-bond donors (Lipinski definition) is 0. The van der Waals surface area contributed by atoms with Gasteiger partial charge >= 0.3 is 5.97 Å². The summed E-state index contributed by atoms with van der Waals surface area (Å²) in [5.41, 5.74) is 3.13. The van der Waals surface area contributed by atoms with Crippen molar-refractivity contribution in [3.8, 4) is 11.3 Å². The third-order valence-electron chi connectivity index (χ3n) is 3.82. The van der Waals surface area contributed by atoms with Gasteiger partial charge in [-0.05, 0) is 19.1 Å². The summed E-state index contributed by atoms with van der Waals surface area (Å²) in [6, 6.07) is 13.6. The van der Waals surface area contributed by atoms with E-state index in [2.05, 4.69) is 4.98 Å². The van der Waals surface area contributed by atoms with Crippen LogP contribution in [0.5, 0.6) is 0 Å². The molecule has 0 amide bonds. The molecule has 0 spiro atoms. The molecule has 0 N–H and O–H groups in total. The predicted octanol–water partition coefficient (Wildman–Crippen LogP) is 3.39. The number of benzene rings is 1. The van der Waals surface area contributed by atoms with Crippen LogP contribution in [0.2, 0.25) is 0 Å². The minimum atomic E-state index is -0.295. The van der Waals surface area contributed by atoms with E-state index in [4.69, 9.17) is 9.47 Å². The van der Waals surface area contributed by atoms with Crippen LogP contribution in [-0.4, -0.2) is 30.3 Å². The molecule has 3 rings (SSSR count). The molecule has 0 aliphatic carbocycles. The highest BCUT2D eigenvalue weighted by Gasteiger charge is 2.20. The molecule has 4 heteroatoms. The molecule has 1 fully saturated rings. The monoisotopic (exact) mass is 297 g/mol. The second-order valence-electron chi connectivity index (χ2n) is 5.41. The van der Waals surface area contributed by atoms with Gasteiger partial charge in [0.05, 0.1) is 30.2 Å². The lowest BCUT2D eigenvalue weighted by molar-refractivity contribution is -0.0160. The van der Waals surface area contributed by atoms with Crippen molar-refractivity contribution in [2.24, 2.45) is 0 Å².